The lowest BCUT2D eigenvalue weighted by Gasteiger charge is -2.12. The first kappa shape index (κ1) is 9.81. The van der Waals surface area contributed by atoms with Gasteiger partial charge in [0.2, 0.25) is 0 Å². The summed E-state index contributed by atoms with van der Waals surface area (Å²) in [6, 6.07) is 4.94. The maximum atomic E-state index is 11.0. The van der Waals surface area contributed by atoms with Crippen LogP contribution in [0.5, 0.6) is 0 Å². The van der Waals surface area contributed by atoms with Crippen LogP contribution in [0.15, 0.2) is 18.2 Å². The first-order valence-electron chi connectivity index (χ1n) is 4.25. The summed E-state index contributed by atoms with van der Waals surface area (Å²) in [6.45, 7) is 0. The number of benzene rings is 1. The molecule has 2 nitrogen and oxygen atoms in total. The van der Waals surface area contributed by atoms with E-state index in [0.29, 0.717) is 28.5 Å². The second-order valence-electron chi connectivity index (χ2n) is 3.51. The van der Waals surface area contributed by atoms with Gasteiger partial charge in [-0.3, -0.25) is 4.79 Å². The largest absolute Gasteiger partial charge is 0.481 e. The number of carboxylic acid groups (broad SMARTS) is 1. The van der Waals surface area contributed by atoms with Crippen LogP contribution in [-0.4, -0.2) is 11.1 Å². The van der Waals surface area contributed by atoms with Gasteiger partial charge in [-0.05, 0) is 36.6 Å². The lowest BCUT2D eigenvalue weighted by Crippen LogP contribution is -2.19. The molecular weight excluding hydrogens is 223 g/mol. The van der Waals surface area contributed by atoms with Crippen LogP contribution < -0.4 is 0 Å². The van der Waals surface area contributed by atoms with Crippen molar-refractivity contribution in [3.8, 4) is 0 Å². The summed E-state index contributed by atoms with van der Waals surface area (Å²) in [5, 5.41) is 10.1. The molecule has 0 bridgehead atoms. The molecule has 1 N–H and O–H groups in total. The Morgan fingerprint density at radius 1 is 1.36 bits per heavy atom. The molecule has 0 heterocycles. The van der Waals surface area contributed by atoms with Crippen molar-refractivity contribution in [2.75, 3.05) is 0 Å². The zero-order valence-electron chi connectivity index (χ0n) is 7.26. The Morgan fingerprint density at radius 2 is 2.00 bits per heavy atom. The van der Waals surface area contributed by atoms with Crippen molar-refractivity contribution in [2.45, 2.75) is 18.3 Å². The Balaban J connectivity index is 2.51. The van der Waals surface area contributed by atoms with Crippen LogP contribution >= 0.6 is 23.2 Å². The number of halogens is 2. The average molecular weight is 231 g/mol. The lowest BCUT2D eigenvalue weighted by atomic mass is 9.96. The monoisotopic (exact) mass is 230 g/mol. The van der Waals surface area contributed by atoms with Gasteiger partial charge in [0.15, 0.2) is 0 Å². The fourth-order valence-electron chi connectivity index (χ4n) is 1.59. The summed E-state index contributed by atoms with van der Waals surface area (Å²) in [4.78, 5) is 11.0. The number of aliphatic carboxylic acids is 1. The van der Waals surface area contributed by atoms with Crippen molar-refractivity contribution < 1.29 is 9.90 Å². The molecule has 1 aromatic carbocycles. The third-order valence-corrected chi connectivity index (χ3v) is 3.17. The molecule has 2 rings (SSSR count). The van der Waals surface area contributed by atoms with Gasteiger partial charge < -0.3 is 5.11 Å². The molecule has 0 unspecified atom stereocenters. The van der Waals surface area contributed by atoms with Crippen LogP contribution in [0.4, 0.5) is 0 Å². The van der Waals surface area contributed by atoms with Crippen LogP contribution in [-0.2, 0) is 10.2 Å². The number of rotatable bonds is 2. The highest BCUT2D eigenvalue weighted by molar-refractivity contribution is 6.34. The maximum absolute atomic E-state index is 11.0. The molecule has 0 amide bonds. The van der Waals surface area contributed by atoms with E-state index in [-0.39, 0.29) is 0 Å². The number of hydrogen-bond donors (Lipinski definition) is 1. The average Bonchev–Trinajstić information content (AvgIpc) is 2.90. The van der Waals surface area contributed by atoms with E-state index in [0.717, 1.165) is 0 Å². The highest BCUT2D eigenvalue weighted by Crippen LogP contribution is 2.51. The van der Waals surface area contributed by atoms with Gasteiger partial charge in [0.1, 0.15) is 0 Å². The van der Waals surface area contributed by atoms with Gasteiger partial charge in [0, 0.05) is 10.0 Å². The number of carboxylic acids is 1. The van der Waals surface area contributed by atoms with Crippen molar-refractivity contribution in [2.24, 2.45) is 0 Å². The minimum atomic E-state index is -0.818. The zero-order valence-corrected chi connectivity index (χ0v) is 8.77. The first-order valence-corrected chi connectivity index (χ1v) is 5.01. The van der Waals surface area contributed by atoms with E-state index in [9.17, 15) is 4.79 Å². The second-order valence-corrected chi connectivity index (χ2v) is 4.36. The van der Waals surface area contributed by atoms with Crippen LogP contribution in [0.2, 0.25) is 10.0 Å². The van der Waals surface area contributed by atoms with E-state index in [2.05, 4.69) is 0 Å². The minimum Gasteiger partial charge on any atom is -0.481 e. The van der Waals surface area contributed by atoms with Crippen LogP contribution in [0.25, 0.3) is 0 Å². The topological polar surface area (TPSA) is 37.3 Å². The Labute approximate surface area is 91.4 Å². The lowest BCUT2D eigenvalue weighted by molar-refractivity contribution is -0.140. The minimum absolute atomic E-state index is 0.481. The summed E-state index contributed by atoms with van der Waals surface area (Å²) >= 11 is 11.7. The predicted molar refractivity (Wildman–Crippen MR) is 55.0 cm³/mol. The van der Waals surface area contributed by atoms with Crippen molar-refractivity contribution in [3.63, 3.8) is 0 Å². The highest BCUT2D eigenvalue weighted by Gasteiger charge is 2.52. The second kappa shape index (κ2) is 3.14. The highest BCUT2D eigenvalue weighted by atomic mass is 35.5. The normalized spacial score (nSPS) is 17.9. The van der Waals surface area contributed by atoms with E-state index in [4.69, 9.17) is 28.3 Å². The molecule has 4 heteroatoms. The zero-order chi connectivity index (χ0) is 10.3. The molecule has 0 aliphatic heterocycles. The van der Waals surface area contributed by atoms with Gasteiger partial charge in [-0.25, -0.2) is 0 Å². The smallest absolute Gasteiger partial charge is 0.314 e. The Hall–Kier alpha value is -0.730. The molecule has 0 saturated heterocycles. The molecule has 1 saturated carbocycles. The van der Waals surface area contributed by atoms with Gasteiger partial charge in [-0.15, -0.1) is 0 Å². The van der Waals surface area contributed by atoms with Gasteiger partial charge in [0.05, 0.1) is 5.41 Å². The van der Waals surface area contributed by atoms with E-state index >= 15 is 0 Å². The Bertz CT molecular complexity index is 397. The van der Waals surface area contributed by atoms with E-state index in [1.54, 1.807) is 18.2 Å². The summed E-state index contributed by atoms with van der Waals surface area (Å²) in [5.41, 5.74) is -0.138. The van der Waals surface area contributed by atoms with Crippen molar-refractivity contribution in [1.29, 1.82) is 0 Å². The summed E-state index contributed by atoms with van der Waals surface area (Å²) < 4.78 is 0. The van der Waals surface area contributed by atoms with Crippen LogP contribution in [0.3, 0.4) is 0 Å². The van der Waals surface area contributed by atoms with Crippen LogP contribution in [0.1, 0.15) is 18.4 Å². The predicted octanol–water partition coefficient (Wildman–Crippen LogP) is 3.11. The van der Waals surface area contributed by atoms with E-state index in [1.807, 2.05) is 0 Å². The molecule has 14 heavy (non-hydrogen) atoms. The van der Waals surface area contributed by atoms with Crippen molar-refractivity contribution in [3.05, 3.63) is 33.8 Å². The summed E-state index contributed by atoms with van der Waals surface area (Å²) in [5.74, 6) is -0.818. The SMILES string of the molecule is O=C(O)C1(c2cc(Cl)ccc2Cl)CC1. The quantitative estimate of drug-likeness (QED) is 0.848. The van der Waals surface area contributed by atoms with Crippen molar-refractivity contribution in [1.82, 2.24) is 0 Å². The standard InChI is InChI=1S/C10H8Cl2O2/c11-6-1-2-8(12)7(5-6)10(3-4-10)9(13)14/h1-2,5H,3-4H2,(H,13,14). The molecule has 74 valence electrons. The Kier molecular flexibility index (Phi) is 2.20. The first-order chi connectivity index (χ1) is 6.56. The molecule has 0 radical (unpaired) electrons. The summed E-state index contributed by atoms with van der Waals surface area (Å²) in [7, 11) is 0. The molecule has 1 fully saturated rings. The van der Waals surface area contributed by atoms with Gasteiger partial charge in [0.25, 0.3) is 0 Å². The molecule has 0 atom stereocenters. The fraction of sp³-hybridized carbons (Fsp3) is 0.300. The molecular formula is C10H8Cl2O2. The van der Waals surface area contributed by atoms with E-state index in [1.165, 1.54) is 0 Å². The molecule has 1 aromatic rings. The maximum Gasteiger partial charge on any atom is 0.314 e. The van der Waals surface area contributed by atoms with Gasteiger partial charge >= 0.3 is 5.97 Å². The molecule has 1 aliphatic rings. The third kappa shape index (κ3) is 1.39. The molecule has 0 aromatic heterocycles. The fourth-order valence-corrected chi connectivity index (χ4v) is 2.06. The third-order valence-electron chi connectivity index (χ3n) is 2.60. The molecule has 1 aliphatic carbocycles. The molecule has 0 spiro atoms. The number of hydrogen-bond acceptors (Lipinski definition) is 1. The van der Waals surface area contributed by atoms with Gasteiger partial charge in [-0.1, -0.05) is 23.2 Å². The van der Waals surface area contributed by atoms with Gasteiger partial charge in [-0.2, -0.15) is 0 Å². The summed E-state index contributed by atoms with van der Waals surface area (Å²) in [6.07, 6.45) is 1.28. The van der Waals surface area contributed by atoms with Crippen LogP contribution in [0, 0.1) is 0 Å². The Morgan fingerprint density at radius 3 is 2.50 bits per heavy atom. The van der Waals surface area contributed by atoms with Crippen molar-refractivity contribution >= 4 is 29.2 Å². The number of carbonyl (C=O) groups is 1. The van der Waals surface area contributed by atoms with E-state index < -0.39 is 11.4 Å².